The molecule has 0 unspecified atom stereocenters. The molecule has 2 rings (SSSR count). The summed E-state index contributed by atoms with van der Waals surface area (Å²) in [6.45, 7) is 4.65. The van der Waals surface area contributed by atoms with Crippen molar-refractivity contribution in [3.05, 3.63) is 0 Å². The van der Waals surface area contributed by atoms with Crippen molar-refractivity contribution in [3.63, 3.8) is 0 Å². The van der Waals surface area contributed by atoms with E-state index < -0.39 is 0 Å². The van der Waals surface area contributed by atoms with Crippen molar-refractivity contribution >= 4 is 0 Å². The van der Waals surface area contributed by atoms with E-state index >= 15 is 0 Å². The summed E-state index contributed by atoms with van der Waals surface area (Å²) in [4.78, 5) is 0. The van der Waals surface area contributed by atoms with E-state index in [1.54, 1.807) is 0 Å². The van der Waals surface area contributed by atoms with Gasteiger partial charge < -0.3 is 4.74 Å². The Hall–Kier alpha value is -0.0400. The van der Waals surface area contributed by atoms with E-state index in [9.17, 15) is 0 Å². The topological polar surface area (TPSA) is 9.23 Å². The van der Waals surface area contributed by atoms with Gasteiger partial charge in [-0.05, 0) is 62.7 Å². The molecule has 0 atom stereocenters. The van der Waals surface area contributed by atoms with Crippen molar-refractivity contribution in [3.8, 4) is 0 Å². The number of hydrogen-bond acceptors (Lipinski definition) is 1. The van der Waals surface area contributed by atoms with Gasteiger partial charge >= 0.3 is 0 Å². The molecule has 0 aromatic heterocycles. The molecule has 0 aromatic rings. The average molecular weight is 337 g/mol. The van der Waals surface area contributed by atoms with Crippen molar-refractivity contribution < 1.29 is 4.74 Å². The second kappa shape index (κ2) is 10.8. The molecule has 2 fully saturated rings. The van der Waals surface area contributed by atoms with Gasteiger partial charge in [0.15, 0.2) is 0 Å². The van der Waals surface area contributed by atoms with Crippen molar-refractivity contribution in [1.29, 1.82) is 0 Å². The van der Waals surface area contributed by atoms with Crippen LogP contribution in [0, 0.1) is 17.8 Å². The highest BCUT2D eigenvalue weighted by molar-refractivity contribution is 4.90. The monoisotopic (exact) mass is 336 g/mol. The van der Waals surface area contributed by atoms with Gasteiger partial charge in [-0.25, -0.2) is 0 Å². The zero-order valence-corrected chi connectivity index (χ0v) is 17.0. The van der Waals surface area contributed by atoms with Gasteiger partial charge in [0.2, 0.25) is 0 Å². The van der Waals surface area contributed by atoms with Crippen LogP contribution >= 0.6 is 0 Å². The lowest BCUT2D eigenvalue weighted by Gasteiger charge is -2.43. The summed E-state index contributed by atoms with van der Waals surface area (Å²) in [5.74, 6) is 3.10. The molecule has 0 radical (unpaired) electrons. The summed E-state index contributed by atoms with van der Waals surface area (Å²) in [5.41, 5.74) is 0.238. The van der Waals surface area contributed by atoms with E-state index in [-0.39, 0.29) is 5.60 Å². The Balaban J connectivity index is 1.69. The second-order valence-electron chi connectivity index (χ2n) is 8.96. The lowest BCUT2D eigenvalue weighted by Crippen LogP contribution is -2.38. The first-order valence-corrected chi connectivity index (χ1v) is 11.3. The van der Waals surface area contributed by atoms with E-state index in [2.05, 4.69) is 13.8 Å². The zero-order chi connectivity index (χ0) is 17.3. The first-order valence-electron chi connectivity index (χ1n) is 11.3. The van der Waals surface area contributed by atoms with Crippen LogP contribution in [-0.2, 0) is 4.74 Å². The quantitative estimate of drug-likeness (QED) is 0.375. The predicted octanol–water partition coefficient (Wildman–Crippen LogP) is 7.53. The van der Waals surface area contributed by atoms with E-state index in [0.29, 0.717) is 0 Å². The van der Waals surface area contributed by atoms with E-state index in [1.807, 2.05) is 7.11 Å². The maximum Gasteiger partial charge on any atom is 0.0679 e. The molecule has 0 amide bonds. The standard InChI is InChI=1S/C23H44O/c1-4-6-7-8-9-17-23(24-3)18-15-22(16-19-23)21-13-11-20(10-5-2)12-14-21/h20-22H,4-19H2,1-3H3/t20?,21?,22-,23+. The molecule has 1 nitrogen and oxygen atoms in total. The Labute approximate surface area is 152 Å². The van der Waals surface area contributed by atoms with Crippen LogP contribution in [0.2, 0.25) is 0 Å². The summed E-state index contributed by atoms with van der Waals surface area (Å²) in [6, 6.07) is 0. The fourth-order valence-corrected chi connectivity index (χ4v) is 5.60. The van der Waals surface area contributed by atoms with E-state index in [0.717, 1.165) is 17.8 Å². The number of methoxy groups -OCH3 is 1. The van der Waals surface area contributed by atoms with Crippen LogP contribution in [-0.4, -0.2) is 12.7 Å². The molecule has 1 heteroatoms. The molecule has 0 heterocycles. The third kappa shape index (κ3) is 6.04. The molecule has 24 heavy (non-hydrogen) atoms. The number of unbranched alkanes of at least 4 members (excludes halogenated alkanes) is 4. The average Bonchev–Trinajstić information content (AvgIpc) is 2.63. The molecule has 0 saturated heterocycles. The molecule has 0 aliphatic heterocycles. The van der Waals surface area contributed by atoms with Crippen LogP contribution in [0.25, 0.3) is 0 Å². The first-order chi connectivity index (χ1) is 11.7. The smallest absolute Gasteiger partial charge is 0.0679 e. The minimum atomic E-state index is 0.238. The summed E-state index contributed by atoms with van der Waals surface area (Å²) in [7, 11) is 1.97. The van der Waals surface area contributed by atoms with Gasteiger partial charge in [0, 0.05) is 7.11 Å². The minimum absolute atomic E-state index is 0.238. The fraction of sp³-hybridized carbons (Fsp3) is 1.00. The first kappa shape index (κ1) is 20.3. The Kier molecular flexibility index (Phi) is 9.16. The molecular formula is C23H44O. The van der Waals surface area contributed by atoms with Crippen LogP contribution in [0.15, 0.2) is 0 Å². The summed E-state index contributed by atoms with van der Waals surface area (Å²) in [5, 5.41) is 0. The highest BCUT2D eigenvalue weighted by atomic mass is 16.5. The molecule has 2 aliphatic carbocycles. The lowest BCUT2D eigenvalue weighted by molar-refractivity contribution is -0.0639. The predicted molar refractivity (Wildman–Crippen MR) is 105 cm³/mol. The molecule has 142 valence electrons. The maximum absolute atomic E-state index is 6.07. The second-order valence-corrected chi connectivity index (χ2v) is 8.96. The van der Waals surface area contributed by atoms with Gasteiger partial charge in [0.05, 0.1) is 5.60 Å². The van der Waals surface area contributed by atoms with Gasteiger partial charge in [0.25, 0.3) is 0 Å². The molecule has 0 spiro atoms. The van der Waals surface area contributed by atoms with Crippen molar-refractivity contribution in [2.75, 3.05) is 7.11 Å². The van der Waals surface area contributed by atoms with Crippen LogP contribution < -0.4 is 0 Å². The van der Waals surface area contributed by atoms with Gasteiger partial charge in [-0.3, -0.25) is 0 Å². The Morgan fingerprint density at radius 1 is 0.750 bits per heavy atom. The molecular weight excluding hydrogens is 292 g/mol. The Morgan fingerprint density at radius 2 is 1.38 bits per heavy atom. The zero-order valence-electron chi connectivity index (χ0n) is 17.0. The van der Waals surface area contributed by atoms with Crippen molar-refractivity contribution in [2.45, 2.75) is 122 Å². The minimum Gasteiger partial charge on any atom is -0.378 e. The number of ether oxygens (including phenoxy) is 1. The van der Waals surface area contributed by atoms with Crippen molar-refractivity contribution in [1.82, 2.24) is 0 Å². The van der Waals surface area contributed by atoms with Gasteiger partial charge in [0.1, 0.15) is 0 Å². The maximum atomic E-state index is 6.07. The van der Waals surface area contributed by atoms with Gasteiger partial charge in [-0.15, -0.1) is 0 Å². The lowest BCUT2D eigenvalue weighted by atomic mass is 9.67. The number of hydrogen-bond donors (Lipinski definition) is 0. The SMILES string of the molecule is CCCCCCC[C@]1(OC)CC[C@@H](C2CCC(CCC)CC2)CC1. The molecule has 0 bridgehead atoms. The van der Waals surface area contributed by atoms with Gasteiger partial charge in [-0.2, -0.15) is 0 Å². The van der Waals surface area contributed by atoms with Crippen LogP contribution in [0.1, 0.15) is 117 Å². The summed E-state index contributed by atoms with van der Waals surface area (Å²) >= 11 is 0. The van der Waals surface area contributed by atoms with Crippen LogP contribution in [0.4, 0.5) is 0 Å². The summed E-state index contributed by atoms with van der Waals surface area (Å²) in [6.07, 6.45) is 22.7. The van der Waals surface area contributed by atoms with E-state index in [4.69, 9.17) is 4.74 Å². The Morgan fingerprint density at radius 3 is 1.96 bits per heavy atom. The van der Waals surface area contributed by atoms with Crippen LogP contribution in [0.5, 0.6) is 0 Å². The third-order valence-electron chi connectivity index (χ3n) is 7.37. The largest absolute Gasteiger partial charge is 0.378 e. The normalized spacial score (nSPS) is 34.4. The fourth-order valence-electron chi connectivity index (χ4n) is 5.60. The molecule has 2 aliphatic rings. The summed E-state index contributed by atoms with van der Waals surface area (Å²) < 4.78 is 6.07. The molecule has 0 N–H and O–H groups in total. The number of rotatable bonds is 10. The van der Waals surface area contributed by atoms with Crippen molar-refractivity contribution in [2.24, 2.45) is 17.8 Å². The highest BCUT2D eigenvalue weighted by Gasteiger charge is 2.38. The third-order valence-corrected chi connectivity index (χ3v) is 7.37. The Bertz CT molecular complexity index is 308. The van der Waals surface area contributed by atoms with Crippen LogP contribution in [0.3, 0.4) is 0 Å². The molecule has 0 aromatic carbocycles. The van der Waals surface area contributed by atoms with Gasteiger partial charge in [-0.1, -0.05) is 71.6 Å². The highest BCUT2D eigenvalue weighted by Crippen LogP contribution is 2.45. The molecule has 2 saturated carbocycles. The van der Waals surface area contributed by atoms with E-state index in [1.165, 1.54) is 103 Å².